The van der Waals surface area contributed by atoms with Crippen LogP contribution in [0.4, 0.5) is 0 Å². The van der Waals surface area contributed by atoms with Gasteiger partial charge in [-0.2, -0.15) is 0 Å². The number of carbonyl (C=O) groups excluding carboxylic acids is 2. The van der Waals surface area contributed by atoms with Crippen LogP contribution >= 0.6 is 0 Å². The number of hydrogen-bond donors (Lipinski definition) is 0. The fourth-order valence-electron chi connectivity index (χ4n) is 4.29. The Morgan fingerprint density at radius 3 is 2.12 bits per heavy atom. The molecule has 0 aromatic rings. The molecule has 26 heavy (non-hydrogen) atoms. The largest absolute Gasteiger partial charge is 0.455 e. The Morgan fingerprint density at radius 1 is 1.04 bits per heavy atom. The summed E-state index contributed by atoms with van der Waals surface area (Å²) < 4.78 is 6.13. The molecule has 0 aromatic heterocycles. The molecule has 144 valence electrons. The minimum Gasteiger partial charge on any atom is -0.455 e. The maximum Gasteiger partial charge on any atom is 0.334 e. The highest BCUT2D eigenvalue weighted by atomic mass is 16.6. The van der Waals surface area contributed by atoms with Gasteiger partial charge in [-0.15, -0.1) is 0 Å². The summed E-state index contributed by atoms with van der Waals surface area (Å²) >= 11 is 0. The van der Waals surface area contributed by atoms with Crippen LogP contribution in [0.3, 0.4) is 0 Å². The van der Waals surface area contributed by atoms with E-state index in [2.05, 4.69) is 27.7 Å². The molecule has 1 fully saturated rings. The van der Waals surface area contributed by atoms with Crippen LogP contribution in [-0.2, 0) is 14.3 Å². The summed E-state index contributed by atoms with van der Waals surface area (Å²) in [5, 5.41) is 0. The third kappa shape index (κ3) is 3.00. The molecule has 0 heterocycles. The lowest BCUT2D eigenvalue weighted by molar-refractivity contribution is -0.186. The second kappa shape index (κ2) is 6.51. The quantitative estimate of drug-likeness (QED) is 0.469. The zero-order valence-electron chi connectivity index (χ0n) is 17.9. The lowest BCUT2D eigenvalue weighted by Crippen LogP contribution is -2.59. The van der Waals surface area contributed by atoms with Crippen molar-refractivity contribution in [1.82, 2.24) is 0 Å². The van der Waals surface area contributed by atoms with E-state index >= 15 is 0 Å². The molecule has 2 atom stereocenters. The van der Waals surface area contributed by atoms with Crippen LogP contribution in [-0.4, -0.2) is 17.4 Å². The summed E-state index contributed by atoms with van der Waals surface area (Å²) in [6, 6.07) is 0. The highest BCUT2D eigenvalue weighted by Gasteiger charge is 2.60. The van der Waals surface area contributed by atoms with E-state index in [0.29, 0.717) is 12.0 Å². The van der Waals surface area contributed by atoms with Crippen LogP contribution in [0.5, 0.6) is 0 Å². The standard InChI is InChI=1S/C23H34O3/c1-14(2)16(5)20(25)26-23(9)11-10-17-12-19(24)18(15(3)4)13-22(17,8)21(23,6)7/h12H,10-11,13H2,1-9H3/t22-,23+/m0/s1. The molecule has 0 aliphatic heterocycles. The molecule has 0 unspecified atom stereocenters. The van der Waals surface area contributed by atoms with E-state index in [1.54, 1.807) is 0 Å². The van der Waals surface area contributed by atoms with Crippen LogP contribution in [0.1, 0.15) is 81.6 Å². The molecule has 3 nitrogen and oxygen atoms in total. The van der Waals surface area contributed by atoms with Crippen molar-refractivity contribution in [3.8, 4) is 0 Å². The van der Waals surface area contributed by atoms with Gasteiger partial charge in [0.25, 0.3) is 0 Å². The Balaban J connectivity index is 2.50. The second-order valence-electron chi connectivity index (χ2n) is 9.39. The van der Waals surface area contributed by atoms with Gasteiger partial charge < -0.3 is 4.74 Å². The molecule has 0 spiro atoms. The zero-order valence-corrected chi connectivity index (χ0v) is 17.9. The van der Waals surface area contributed by atoms with Gasteiger partial charge in [0.05, 0.1) is 0 Å². The second-order valence-corrected chi connectivity index (χ2v) is 9.39. The number of esters is 1. The van der Waals surface area contributed by atoms with Crippen LogP contribution in [0.25, 0.3) is 0 Å². The summed E-state index contributed by atoms with van der Waals surface area (Å²) in [5.41, 5.74) is 3.74. The molecule has 2 aliphatic carbocycles. The summed E-state index contributed by atoms with van der Waals surface area (Å²) in [7, 11) is 0. The van der Waals surface area contributed by atoms with Gasteiger partial charge in [-0.1, -0.05) is 37.5 Å². The van der Waals surface area contributed by atoms with E-state index in [4.69, 9.17) is 4.74 Å². The summed E-state index contributed by atoms with van der Waals surface area (Å²) in [4.78, 5) is 25.2. The number of hydrogen-bond acceptors (Lipinski definition) is 3. The van der Waals surface area contributed by atoms with Gasteiger partial charge in [0.1, 0.15) is 5.60 Å². The van der Waals surface area contributed by atoms with Crippen molar-refractivity contribution in [1.29, 1.82) is 0 Å². The fourth-order valence-corrected chi connectivity index (χ4v) is 4.29. The first-order valence-electron chi connectivity index (χ1n) is 9.56. The van der Waals surface area contributed by atoms with Gasteiger partial charge in [0, 0.05) is 16.4 Å². The minimum absolute atomic E-state index is 0.147. The number of ketones is 1. The van der Waals surface area contributed by atoms with Crippen LogP contribution in [0.15, 0.2) is 33.9 Å². The average Bonchev–Trinajstić information content (AvgIpc) is 2.52. The highest BCUT2D eigenvalue weighted by Crippen LogP contribution is 2.63. The van der Waals surface area contributed by atoms with E-state index < -0.39 is 5.60 Å². The zero-order chi connectivity index (χ0) is 20.1. The van der Waals surface area contributed by atoms with Crippen molar-refractivity contribution >= 4 is 11.8 Å². The third-order valence-electron chi connectivity index (χ3n) is 7.39. The molecule has 0 saturated heterocycles. The molecule has 0 amide bonds. The van der Waals surface area contributed by atoms with Gasteiger partial charge in [0.2, 0.25) is 0 Å². The molecule has 2 aliphatic rings. The molecule has 0 N–H and O–H groups in total. The smallest absolute Gasteiger partial charge is 0.334 e. The van der Waals surface area contributed by atoms with Crippen molar-refractivity contribution in [2.45, 2.75) is 87.2 Å². The van der Waals surface area contributed by atoms with Gasteiger partial charge in [-0.3, -0.25) is 4.79 Å². The first-order chi connectivity index (χ1) is 11.8. The maximum atomic E-state index is 12.7. The fraction of sp³-hybridized carbons (Fsp3) is 0.652. The monoisotopic (exact) mass is 358 g/mol. The summed E-state index contributed by atoms with van der Waals surface area (Å²) in [5.74, 6) is -0.0832. The SMILES string of the molecule is CC(C)=C(C)C(=O)O[C@]1(C)CCC2=CC(=O)C(=C(C)C)C[C@]2(C)C1(C)C. The third-order valence-corrected chi connectivity index (χ3v) is 7.39. The van der Waals surface area contributed by atoms with Gasteiger partial charge in [0.15, 0.2) is 5.78 Å². The summed E-state index contributed by atoms with van der Waals surface area (Å²) in [6.07, 6.45) is 4.08. The van der Waals surface area contributed by atoms with Crippen LogP contribution < -0.4 is 0 Å². The molecule has 2 rings (SSSR count). The lowest BCUT2D eigenvalue weighted by atomic mass is 9.47. The Kier molecular flexibility index (Phi) is 5.17. The van der Waals surface area contributed by atoms with E-state index in [9.17, 15) is 9.59 Å². The van der Waals surface area contributed by atoms with E-state index in [1.807, 2.05) is 40.7 Å². The molecular formula is C23H34O3. The Labute approximate surface area is 158 Å². The van der Waals surface area contributed by atoms with Crippen LogP contribution in [0.2, 0.25) is 0 Å². The highest BCUT2D eigenvalue weighted by molar-refractivity contribution is 6.06. The topological polar surface area (TPSA) is 43.4 Å². The summed E-state index contributed by atoms with van der Waals surface area (Å²) in [6.45, 7) is 18.3. The minimum atomic E-state index is -0.583. The molecule has 0 radical (unpaired) electrons. The number of ether oxygens (including phenoxy) is 1. The average molecular weight is 359 g/mol. The number of fused-ring (bicyclic) bond motifs is 1. The normalized spacial score (nSPS) is 30.3. The van der Waals surface area contributed by atoms with Crippen LogP contribution in [0, 0.1) is 10.8 Å². The number of rotatable bonds is 2. The van der Waals surface area contributed by atoms with Crippen molar-refractivity contribution in [2.75, 3.05) is 0 Å². The van der Waals surface area contributed by atoms with Gasteiger partial charge >= 0.3 is 5.97 Å². The Hall–Kier alpha value is -1.64. The van der Waals surface area contributed by atoms with Crippen molar-refractivity contribution in [3.63, 3.8) is 0 Å². The first-order valence-corrected chi connectivity index (χ1v) is 9.56. The van der Waals surface area contributed by atoms with Gasteiger partial charge in [-0.05, 0) is 72.5 Å². The van der Waals surface area contributed by atoms with Gasteiger partial charge in [-0.25, -0.2) is 4.79 Å². The number of allylic oxidation sites excluding steroid dienone is 5. The van der Waals surface area contributed by atoms with Crippen molar-refractivity contribution in [3.05, 3.63) is 33.9 Å². The Bertz CT molecular complexity index is 739. The van der Waals surface area contributed by atoms with E-state index in [1.165, 1.54) is 5.57 Å². The number of carbonyl (C=O) groups is 2. The maximum absolute atomic E-state index is 12.7. The van der Waals surface area contributed by atoms with Crippen molar-refractivity contribution < 1.29 is 14.3 Å². The lowest BCUT2D eigenvalue weighted by Gasteiger charge is -2.60. The van der Waals surface area contributed by atoms with E-state index in [0.717, 1.165) is 29.6 Å². The first kappa shape index (κ1) is 20.7. The predicted molar refractivity (Wildman–Crippen MR) is 106 cm³/mol. The molecular weight excluding hydrogens is 324 g/mol. The molecule has 0 aromatic carbocycles. The molecule has 1 saturated carbocycles. The molecule has 0 bridgehead atoms. The molecule has 3 heteroatoms. The van der Waals surface area contributed by atoms with E-state index in [-0.39, 0.29) is 22.6 Å². The van der Waals surface area contributed by atoms with Crippen molar-refractivity contribution in [2.24, 2.45) is 10.8 Å². The Morgan fingerprint density at radius 2 is 1.62 bits per heavy atom. The predicted octanol–water partition coefficient (Wildman–Crippen LogP) is 5.71.